The summed E-state index contributed by atoms with van der Waals surface area (Å²) < 4.78 is 11.5. The molecule has 1 atom stereocenters. The minimum Gasteiger partial charge on any atom is -0.463 e. The van der Waals surface area contributed by atoms with Crippen LogP contribution in [0.15, 0.2) is 36.7 Å². The van der Waals surface area contributed by atoms with Gasteiger partial charge in [-0.1, -0.05) is 33.4 Å². The molecule has 1 aromatic heterocycles. The van der Waals surface area contributed by atoms with E-state index in [4.69, 9.17) is 9.16 Å². The Hall–Kier alpha value is -1.97. The van der Waals surface area contributed by atoms with Crippen molar-refractivity contribution >= 4 is 14.3 Å². The molecular formula is C19H28N2O3Si. The van der Waals surface area contributed by atoms with E-state index in [0.717, 1.165) is 0 Å². The number of hydrogen-bond acceptors (Lipinski definition) is 5. The van der Waals surface area contributed by atoms with Gasteiger partial charge in [-0.25, -0.2) is 4.79 Å². The molecule has 1 rings (SSSR count). The van der Waals surface area contributed by atoms with Gasteiger partial charge in [-0.2, -0.15) is 5.26 Å². The zero-order chi connectivity index (χ0) is 19.3. The number of ether oxygens (including phenoxy) is 1. The van der Waals surface area contributed by atoms with Crippen molar-refractivity contribution in [2.75, 3.05) is 6.61 Å². The zero-order valence-corrected chi connectivity index (χ0v) is 17.0. The summed E-state index contributed by atoms with van der Waals surface area (Å²) in [6.07, 6.45) is 3.29. The van der Waals surface area contributed by atoms with Gasteiger partial charge in [0.1, 0.15) is 6.07 Å². The monoisotopic (exact) mass is 360 g/mol. The maximum absolute atomic E-state index is 12.0. The quantitative estimate of drug-likeness (QED) is 0.411. The van der Waals surface area contributed by atoms with Crippen molar-refractivity contribution in [3.8, 4) is 6.07 Å². The summed E-state index contributed by atoms with van der Waals surface area (Å²) in [7, 11) is -2.31. The molecule has 0 aliphatic rings. The van der Waals surface area contributed by atoms with E-state index in [1.807, 2.05) is 0 Å². The molecular weight excluding hydrogens is 332 g/mol. The first-order valence-corrected chi connectivity index (χ1v) is 11.3. The minimum absolute atomic E-state index is 0.0422. The molecule has 0 saturated heterocycles. The van der Waals surface area contributed by atoms with Crippen molar-refractivity contribution in [3.63, 3.8) is 0 Å². The third kappa shape index (κ3) is 5.00. The first kappa shape index (κ1) is 21.1. The Balaban J connectivity index is 3.34. The van der Waals surface area contributed by atoms with E-state index >= 15 is 0 Å². The highest BCUT2D eigenvalue weighted by Gasteiger charge is 2.47. The lowest BCUT2D eigenvalue weighted by Crippen LogP contribution is -2.48. The van der Waals surface area contributed by atoms with Gasteiger partial charge >= 0.3 is 5.97 Å². The second kappa shape index (κ2) is 7.94. The van der Waals surface area contributed by atoms with Crippen molar-refractivity contribution in [1.82, 2.24) is 4.98 Å². The summed E-state index contributed by atoms with van der Waals surface area (Å²) in [5.41, 5.74) is -0.486. The van der Waals surface area contributed by atoms with Gasteiger partial charge in [-0.05, 0) is 31.1 Å². The largest absolute Gasteiger partial charge is 0.463 e. The molecule has 6 heteroatoms. The lowest BCUT2D eigenvalue weighted by atomic mass is 9.90. The third-order valence-corrected chi connectivity index (χ3v) is 9.04. The lowest BCUT2D eigenvalue weighted by molar-refractivity contribution is -0.139. The average Bonchev–Trinajstić information content (AvgIpc) is 2.53. The molecule has 1 heterocycles. The molecule has 0 fully saturated rings. The molecule has 0 aliphatic heterocycles. The Morgan fingerprint density at radius 1 is 1.40 bits per heavy atom. The highest BCUT2D eigenvalue weighted by molar-refractivity contribution is 6.74. The summed E-state index contributed by atoms with van der Waals surface area (Å²) in [6.45, 7) is 16.3. The van der Waals surface area contributed by atoms with Gasteiger partial charge < -0.3 is 9.16 Å². The van der Waals surface area contributed by atoms with Gasteiger partial charge in [-0.3, -0.25) is 4.98 Å². The third-order valence-electron chi connectivity index (χ3n) is 4.57. The Morgan fingerprint density at radius 3 is 2.48 bits per heavy atom. The number of hydrogen-bond donors (Lipinski definition) is 0. The number of pyridine rings is 1. The molecule has 0 amide bonds. The zero-order valence-electron chi connectivity index (χ0n) is 16.0. The average molecular weight is 361 g/mol. The first-order chi connectivity index (χ1) is 11.5. The van der Waals surface area contributed by atoms with Crippen molar-refractivity contribution in [1.29, 1.82) is 5.26 Å². The summed E-state index contributed by atoms with van der Waals surface area (Å²) in [5, 5.41) is 9.95. The van der Waals surface area contributed by atoms with E-state index in [1.54, 1.807) is 31.5 Å². The molecule has 0 aromatic carbocycles. The topological polar surface area (TPSA) is 72.2 Å². The first-order valence-electron chi connectivity index (χ1n) is 8.36. The predicted molar refractivity (Wildman–Crippen MR) is 100 cm³/mol. The van der Waals surface area contributed by atoms with E-state index in [9.17, 15) is 10.1 Å². The summed E-state index contributed by atoms with van der Waals surface area (Å²) in [5.74, 6) is -0.509. The van der Waals surface area contributed by atoms with Gasteiger partial charge in [-0.15, -0.1) is 0 Å². The van der Waals surface area contributed by atoms with Crippen LogP contribution in [0.25, 0.3) is 0 Å². The Kier molecular flexibility index (Phi) is 6.69. The van der Waals surface area contributed by atoms with Crippen LogP contribution in [0.3, 0.4) is 0 Å². The molecule has 0 spiro atoms. The van der Waals surface area contributed by atoms with Crippen LogP contribution in [-0.4, -0.2) is 25.9 Å². The van der Waals surface area contributed by atoms with Crippen LogP contribution in [0, 0.1) is 11.3 Å². The van der Waals surface area contributed by atoms with Crippen molar-refractivity contribution in [2.24, 2.45) is 0 Å². The Morgan fingerprint density at radius 2 is 2.04 bits per heavy atom. The van der Waals surface area contributed by atoms with E-state index < -0.39 is 19.9 Å². The molecule has 1 unspecified atom stereocenters. The molecule has 5 nitrogen and oxygen atoms in total. The van der Waals surface area contributed by atoms with Crippen LogP contribution in [0.5, 0.6) is 0 Å². The predicted octanol–water partition coefficient (Wildman–Crippen LogP) is 4.33. The maximum Gasteiger partial charge on any atom is 0.333 e. The highest BCUT2D eigenvalue weighted by Crippen LogP contribution is 2.43. The second-order valence-electron chi connectivity index (χ2n) is 7.54. The van der Waals surface area contributed by atoms with Crippen LogP contribution < -0.4 is 0 Å². The fourth-order valence-electron chi connectivity index (χ4n) is 2.12. The molecule has 0 saturated carbocycles. The standard InChI is InChI=1S/C19H28N2O3Si/c1-8-23-17(22)15(2)12-19(14-20,16-10-9-11-21-13-16)24-25(6,7)18(3,4)5/h9-11,13H,2,8,12H2,1,3-7H3. The summed E-state index contributed by atoms with van der Waals surface area (Å²) >= 11 is 0. The lowest BCUT2D eigenvalue weighted by Gasteiger charge is -2.42. The highest BCUT2D eigenvalue weighted by atomic mass is 28.4. The number of carbonyl (C=O) groups excluding carboxylic acids is 1. The van der Waals surface area contributed by atoms with Crippen LogP contribution >= 0.6 is 0 Å². The van der Waals surface area contributed by atoms with E-state index in [2.05, 4.69) is 51.5 Å². The summed E-state index contributed by atoms with van der Waals surface area (Å²) in [4.78, 5) is 16.2. The maximum atomic E-state index is 12.0. The Labute approximate surface area is 151 Å². The smallest absolute Gasteiger partial charge is 0.333 e. The Bertz CT molecular complexity index is 659. The van der Waals surface area contributed by atoms with Crippen LogP contribution in [0.1, 0.15) is 39.7 Å². The van der Waals surface area contributed by atoms with Crippen LogP contribution in [0.2, 0.25) is 18.1 Å². The number of esters is 1. The molecule has 0 radical (unpaired) electrons. The van der Waals surface area contributed by atoms with Gasteiger partial charge in [0.15, 0.2) is 13.9 Å². The van der Waals surface area contributed by atoms with Gasteiger partial charge in [0.05, 0.1) is 6.61 Å². The molecule has 25 heavy (non-hydrogen) atoms. The molecule has 0 aliphatic carbocycles. The number of carbonyl (C=O) groups is 1. The van der Waals surface area contributed by atoms with Gasteiger partial charge in [0, 0.05) is 30.0 Å². The second-order valence-corrected chi connectivity index (χ2v) is 12.3. The number of nitrogens with zero attached hydrogens (tertiary/aromatic N) is 2. The molecule has 1 aromatic rings. The fraction of sp³-hybridized carbons (Fsp3) is 0.526. The van der Waals surface area contributed by atoms with E-state index in [0.29, 0.717) is 5.56 Å². The number of nitriles is 1. The minimum atomic E-state index is -2.31. The number of rotatable bonds is 7. The normalized spacial score (nSPS) is 14.3. The van der Waals surface area contributed by atoms with Gasteiger partial charge in [0.2, 0.25) is 0 Å². The fourth-order valence-corrected chi connectivity index (χ4v) is 3.53. The van der Waals surface area contributed by atoms with Crippen molar-refractivity contribution in [2.45, 2.75) is 57.8 Å². The molecule has 0 bridgehead atoms. The van der Waals surface area contributed by atoms with E-state index in [1.165, 1.54) is 0 Å². The van der Waals surface area contributed by atoms with Crippen molar-refractivity contribution in [3.05, 3.63) is 42.2 Å². The molecule has 136 valence electrons. The summed E-state index contributed by atoms with van der Waals surface area (Å²) in [6, 6.07) is 5.84. The van der Waals surface area contributed by atoms with Crippen LogP contribution in [0.4, 0.5) is 0 Å². The van der Waals surface area contributed by atoms with Crippen LogP contribution in [-0.2, 0) is 19.6 Å². The van der Waals surface area contributed by atoms with Gasteiger partial charge in [0.25, 0.3) is 0 Å². The molecule has 0 N–H and O–H groups in total. The number of aromatic nitrogens is 1. The SMILES string of the molecule is C=C(CC(C#N)(O[Si](C)(C)C(C)(C)C)c1cccnc1)C(=O)OCC. The van der Waals surface area contributed by atoms with Crippen molar-refractivity contribution < 1.29 is 14.0 Å². The van der Waals surface area contributed by atoms with E-state index in [-0.39, 0.29) is 23.6 Å².